The van der Waals surface area contributed by atoms with E-state index in [9.17, 15) is 4.39 Å². The molecule has 0 fully saturated rings. The van der Waals surface area contributed by atoms with Gasteiger partial charge in [0.1, 0.15) is 5.82 Å². The molecule has 0 atom stereocenters. The first-order valence-electron chi connectivity index (χ1n) is 6.38. The molecule has 0 spiro atoms. The molecule has 0 unspecified atom stereocenters. The summed E-state index contributed by atoms with van der Waals surface area (Å²) in [6.45, 7) is 1.95. The van der Waals surface area contributed by atoms with E-state index >= 15 is 0 Å². The van der Waals surface area contributed by atoms with Crippen LogP contribution >= 0.6 is 23.2 Å². The highest BCUT2D eigenvalue weighted by Gasteiger charge is 2.32. The summed E-state index contributed by atoms with van der Waals surface area (Å²) in [4.78, 5) is 0. The summed E-state index contributed by atoms with van der Waals surface area (Å²) in [6, 6.07) is 8.42. The van der Waals surface area contributed by atoms with Crippen LogP contribution in [0.15, 0.2) is 30.3 Å². The molecule has 1 aromatic carbocycles. The minimum absolute atomic E-state index is 0.261. The second-order valence-electron chi connectivity index (χ2n) is 5.13. The van der Waals surface area contributed by atoms with Gasteiger partial charge in [-0.25, -0.2) is 4.39 Å². The van der Waals surface area contributed by atoms with E-state index in [0.717, 1.165) is 17.0 Å². The Morgan fingerprint density at radius 2 is 1.80 bits per heavy atom. The molecule has 5 heteroatoms. The molecule has 0 aliphatic carbocycles. The zero-order valence-electron chi connectivity index (χ0n) is 11.5. The number of aromatic nitrogens is 2. The molecule has 0 N–H and O–H groups in total. The summed E-state index contributed by atoms with van der Waals surface area (Å²) in [6.07, 6.45) is 0.670. The summed E-state index contributed by atoms with van der Waals surface area (Å²) >= 11 is 12.4. The zero-order valence-corrected chi connectivity index (χ0v) is 13.0. The summed E-state index contributed by atoms with van der Waals surface area (Å²) in [5.74, 6) is 0.474. The van der Waals surface area contributed by atoms with Gasteiger partial charge in [-0.3, -0.25) is 4.68 Å². The predicted molar refractivity (Wildman–Crippen MR) is 81.2 cm³/mol. The van der Waals surface area contributed by atoms with Gasteiger partial charge < -0.3 is 0 Å². The van der Waals surface area contributed by atoms with Gasteiger partial charge in [-0.2, -0.15) is 5.10 Å². The van der Waals surface area contributed by atoms with Crippen molar-refractivity contribution in [3.63, 3.8) is 0 Å². The summed E-state index contributed by atoms with van der Waals surface area (Å²) in [5, 5.41) is 4.34. The lowest BCUT2D eigenvalue weighted by molar-refractivity contribution is 0.509. The minimum Gasteiger partial charge on any atom is -0.272 e. The predicted octanol–water partition coefficient (Wildman–Crippen LogP) is 3.83. The number of aryl methyl sites for hydroxylation is 2. The normalized spacial score (nSPS) is 11.8. The van der Waals surface area contributed by atoms with Gasteiger partial charge >= 0.3 is 0 Å². The lowest BCUT2D eigenvalue weighted by Gasteiger charge is -2.30. The van der Waals surface area contributed by atoms with Crippen molar-refractivity contribution in [2.45, 2.75) is 18.8 Å². The van der Waals surface area contributed by atoms with Crippen LogP contribution in [0.25, 0.3) is 0 Å². The smallest absolute Gasteiger partial charge is 0.123 e. The van der Waals surface area contributed by atoms with Crippen molar-refractivity contribution < 1.29 is 4.39 Å². The fraction of sp³-hybridized carbons (Fsp3) is 0.400. The van der Waals surface area contributed by atoms with Crippen LogP contribution in [0.5, 0.6) is 0 Å². The Balaban J connectivity index is 2.39. The third-order valence-corrected chi connectivity index (χ3v) is 4.61. The molecule has 0 saturated heterocycles. The minimum atomic E-state index is -0.420. The quantitative estimate of drug-likeness (QED) is 0.767. The average Bonchev–Trinajstić information content (AvgIpc) is 2.75. The number of nitrogens with zero attached hydrogens (tertiary/aromatic N) is 2. The van der Waals surface area contributed by atoms with Crippen molar-refractivity contribution in [2.75, 3.05) is 11.8 Å². The van der Waals surface area contributed by atoms with E-state index in [1.165, 1.54) is 12.1 Å². The van der Waals surface area contributed by atoms with Gasteiger partial charge in [0.2, 0.25) is 0 Å². The largest absolute Gasteiger partial charge is 0.272 e. The number of hydrogen-bond donors (Lipinski definition) is 0. The number of halogens is 3. The van der Waals surface area contributed by atoms with Crippen molar-refractivity contribution in [1.29, 1.82) is 0 Å². The first-order valence-corrected chi connectivity index (χ1v) is 7.45. The Morgan fingerprint density at radius 3 is 2.25 bits per heavy atom. The van der Waals surface area contributed by atoms with E-state index in [0.29, 0.717) is 18.2 Å². The van der Waals surface area contributed by atoms with Crippen molar-refractivity contribution in [1.82, 2.24) is 9.78 Å². The third-order valence-electron chi connectivity index (χ3n) is 3.59. The number of benzene rings is 1. The molecule has 0 saturated carbocycles. The van der Waals surface area contributed by atoms with E-state index in [-0.39, 0.29) is 5.82 Å². The SMILES string of the molecule is Cc1cc(CC(CCl)(CCl)c2ccc(F)cc2)n(C)n1. The molecular formula is C15H17Cl2FN2. The molecule has 0 radical (unpaired) electrons. The Hall–Kier alpha value is -1.06. The summed E-state index contributed by atoms with van der Waals surface area (Å²) < 4.78 is 14.9. The summed E-state index contributed by atoms with van der Waals surface area (Å²) in [5.41, 5.74) is 2.55. The third kappa shape index (κ3) is 2.99. The molecule has 2 rings (SSSR count). The van der Waals surface area contributed by atoms with Crippen LogP contribution in [0, 0.1) is 12.7 Å². The Morgan fingerprint density at radius 1 is 1.20 bits per heavy atom. The van der Waals surface area contributed by atoms with Crippen LogP contribution in [-0.4, -0.2) is 21.5 Å². The maximum Gasteiger partial charge on any atom is 0.123 e. The van der Waals surface area contributed by atoms with E-state index < -0.39 is 5.41 Å². The Bertz CT molecular complexity index is 574. The molecule has 0 aliphatic rings. The second-order valence-corrected chi connectivity index (χ2v) is 5.67. The highest BCUT2D eigenvalue weighted by Crippen LogP contribution is 2.32. The van der Waals surface area contributed by atoms with Crippen LogP contribution in [-0.2, 0) is 18.9 Å². The van der Waals surface area contributed by atoms with Crippen molar-refractivity contribution in [3.8, 4) is 0 Å². The molecule has 2 aromatic rings. The molecule has 2 nitrogen and oxygen atoms in total. The van der Waals surface area contributed by atoms with E-state index in [4.69, 9.17) is 23.2 Å². The standard InChI is InChI=1S/C15H17Cl2FN2/c1-11-7-14(20(2)19-11)8-15(9-16,10-17)12-3-5-13(18)6-4-12/h3-7H,8-10H2,1-2H3. The molecule has 0 bridgehead atoms. The van der Waals surface area contributed by atoms with Crippen LogP contribution in [0.2, 0.25) is 0 Å². The fourth-order valence-corrected chi connectivity index (χ4v) is 3.15. The van der Waals surface area contributed by atoms with Gasteiger partial charge in [0.25, 0.3) is 0 Å². The Labute approximate surface area is 128 Å². The van der Waals surface area contributed by atoms with Crippen LogP contribution in [0.4, 0.5) is 4.39 Å². The first kappa shape index (κ1) is 15.3. The van der Waals surface area contributed by atoms with Gasteiger partial charge in [0.05, 0.1) is 5.69 Å². The monoisotopic (exact) mass is 314 g/mol. The van der Waals surface area contributed by atoms with Crippen molar-refractivity contribution in [2.24, 2.45) is 7.05 Å². The Kier molecular flexibility index (Phi) is 4.71. The van der Waals surface area contributed by atoms with Gasteiger partial charge in [0.15, 0.2) is 0 Å². The van der Waals surface area contributed by atoms with E-state index in [2.05, 4.69) is 5.10 Å². The molecule has 1 heterocycles. The summed E-state index contributed by atoms with van der Waals surface area (Å²) in [7, 11) is 1.90. The maximum absolute atomic E-state index is 13.1. The second kappa shape index (κ2) is 6.15. The maximum atomic E-state index is 13.1. The van der Waals surface area contributed by atoms with Crippen LogP contribution in [0.3, 0.4) is 0 Å². The number of hydrogen-bond acceptors (Lipinski definition) is 1. The molecule has 108 valence electrons. The molecular weight excluding hydrogens is 298 g/mol. The van der Waals surface area contributed by atoms with Gasteiger partial charge in [-0.1, -0.05) is 12.1 Å². The number of rotatable bonds is 5. The highest BCUT2D eigenvalue weighted by molar-refractivity contribution is 6.22. The van der Waals surface area contributed by atoms with E-state index in [1.807, 2.05) is 24.7 Å². The highest BCUT2D eigenvalue weighted by atomic mass is 35.5. The lowest BCUT2D eigenvalue weighted by atomic mass is 9.80. The lowest BCUT2D eigenvalue weighted by Crippen LogP contribution is -2.34. The topological polar surface area (TPSA) is 17.8 Å². The molecule has 1 aromatic heterocycles. The van der Waals surface area contributed by atoms with Crippen molar-refractivity contribution >= 4 is 23.2 Å². The van der Waals surface area contributed by atoms with Gasteiger partial charge in [0, 0.05) is 36.3 Å². The van der Waals surface area contributed by atoms with Crippen LogP contribution < -0.4 is 0 Å². The zero-order chi connectivity index (χ0) is 14.8. The fourth-order valence-electron chi connectivity index (χ4n) is 2.37. The average molecular weight is 315 g/mol. The molecule has 0 amide bonds. The van der Waals surface area contributed by atoms with Gasteiger partial charge in [-0.05, 0) is 30.7 Å². The van der Waals surface area contributed by atoms with Gasteiger partial charge in [-0.15, -0.1) is 23.2 Å². The van der Waals surface area contributed by atoms with Crippen molar-refractivity contribution in [3.05, 3.63) is 53.1 Å². The molecule has 0 aliphatic heterocycles. The molecule has 20 heavy (non-hydrogen) atoms. The van der Waals surface area contributed by atoms with E-state index in [1.54, 1.807) is 12.1 Å². The van der Waals surface area contributed by atoms with Crippen LogP contribution in [0.1, 0.15) is 17.0 Å². The first-order chi connectivity index (χ1) is 9.50. The number of alkyl halides is 2.